The molecule has 0 saturated carbocycles. The van der Waals surface area contributed by atoms with E-state index in [-0.39, 0.29) is 66.2 Å². The topological polar surface area (TPSA) is 130 Å². The fourth-order valence-corrected chi connectivity index (χ4v) is 11.8. The molecule has 6 heterocycles. The van der Waals surface area contributed by atoms with Gasteiger partial charge < -0.3 is 52.5 Å². The monoisotopic (exact) mass is 829 g/mol. The van der Waals surface area contributed by atoms with Gasteiger partial charge in [-0.2, -0.15) is 0 Å². The van der Waals surface area contributed by atoms with Crippen LogP contribution in [0.5, 0.6) is 5.75 Å². The third-order valence-corrected chi connectivity index (χ3v) is 15.3. The Morgan fingerprint density at radius 1 is 1.00 bits per heavy atom. The van der Waals surface area contributed by atoms with Gasteiger partial charge in [0.25, 0.3) is 0 Å². The van der Waals surface area contributed by atoms with Crippen molar-refractivity contribution in [1.29, 1.82) is 0 Å². The standard InChI is InChI=1S/C47H72O12/c1-12-22-52-36-25-46(56-40(30(36)6)31(7)39(51-11)32(8)42(48)49)21-20-44(9,59-46)37-18-19-45(13-2,55-37)41-28(4)24-35(54-41)38-27(3)23-29(5)47(57-38)26-53-43(58-47)33-14-16-34(50-10)17-15-33/h12,14-17,27-32,35-41,43H,1,13,18-26H2,2-11H3,(H,48,49)/t27-,28-,29+,30+,31-,32-,35-,36-,37+,38-,39+,40-,41+,43-,44+,45-,46+,47+/m0/s1. The normalized spacial score (nSPS) is 45.2. The molecule has 7 rings (SSSR count). The second-order valence-electron chi connectivity index (χ2n) is 19.2. The lowest BCUT2D eigenvalue weighted by molar-refractivity contribution is -0.338. The molecule has 59 heavy (non-hydrogen) atoms. The van der Waals surface area contributed by atoms with E-state index in [1.54, 1.807) is 27.2 Å². The van der Waals surface area contributed by atoms with Crippen molar-refractivity contribution in [2.45, 2.75) is 179 Å². The molecule has 12 heteroatoms. The molecule has 0 aromatic heterocycles. The van der Waals surface area contributed by atoms with E-state index in [2.05, 4.69) is 48.1 Å². The van der Waals surface area contributed by atoms with Gasteiger partial charge in [-0.3, -0.25) is 4.79 Å². The van der Waals surface area contributed by atoms with E-state index < -0.39 is 47.1 Å². The van der Waals surface area contributed by atoms with E-state index in [1.807, 2.05) is 31.2 Å². The molecule has 6 aliphatic heterocycles. The SMILES string of the molecule is C=CCO[C@H]1C[C@]2(CC[C@](C)([C@H]3CC[C@@](CC)([C@@H]4O[C@H]([C@H]5O[C@@]6(CO[C@H](c7ccc(OC)cc7)O6)[C@H](C)C[C@@H]5C)C[C@@H]4C)O3)O2)O[C@H]([C@@H](C)[C@@H](OC)[C@H](C)C(=O)O)[C@@H]1C. The highest BCUT2D eigenvalue weighted by Gasteiger charge is 2.63. The highest BCUT2D eigenvalue weighted by molar-refractivity contribution is 5.70. The quantitative estimate of drug-likeness (QED) is 0.181. The summed E-state index contributed by atoms with van der Waals surface area (Å²) in [4.78, 5) is 12.1. The Bertz CT molecular complexity index is 1610. The van der Waals surface area contributed by atoms with Crippen molar-refractivity contribution < 1.29 is 57.3 Å². The van der Waals surface area contributed by atoms with E-state index in [4.69, 9.17) is 47.4 Å². The van der Waals surface area contributed by atoms with Gasteiger partial charge in [-0.15, -0.1) is 6.58 Å². The van der Waals surface area contributed by atoms with E-state index in [9.17, 15) is 9.90 Å². The maximum atomic E-state index is 12.1. The lowest BCUT2D eigenvalue weighted by Crippen LogP contribution is -2.57. The average molecular weight is 829 g/mol. The zero-order valence-corrected chi connectivity index (χ0v) is 37.2. The van der Waals surface area contributed by atoms with Gasteiger partial charge in [-0.1, -0.05) is 59.8 Å². The molecule has 18 atom stereocenters. The molecule has 0 aliphatic carbocycles. The first kappa shape index (κ1) is 44.9. The number of carbonyl (C=O) groups is 1. The molecule has 0 radical (unpaired) electrons. The fraction of sp³-hybridized carbons (Fsp3) is 0.809. The van der Waals surface area contributed by atoms with Crippen LogP contribution < -0.4 is 4.74 Å². The number of methoxy groups -OCH3 is 2. The lowest BCUT2D eigenvalue weighted by atomic mass is 9.78. The summed E-state index contributed by atoms with van der Waals surface area (Å²) >= 11 is 0. The summed E-state index contributed by atoms with van der Waals surface area (Å²) in [7, 11) is 3.24. The number of hydrogen-bond acceptors (Lipinski definition) is 11. The van der Waals surface area contributed by atoms with Gasteiger partial charge in [0.15, 0.2) is 17.9 Å². The molecule has 6 aliphatic rings. The maximum absolute atomic E-state index is 12.1. The van der Waals surface area contributed by atoms with Crippen LogP contribution in [0.2, 0.25) is 0 Å². The van der Waals surface area contributed by atoms with Crippen molar-refractivity contribution in [3.05, 3.63) is 42.5 Å². The second kappa shape index (κ2) is 17.6. The van der Waals surface area contributed by atoms with Crippen molar-refractivity contribution in [3.8, 4) is 5.75 Å². The molecule has 1 aromatic carbocycles. The average Bonchev–Trinajstić information content (AvgIpc) is 4.02. The summed E-state index contributed by atoms with van der Waals surface area (Å²) in [5.74, 6) is -2.13. The number of rotatable bonds is 14. The number of benzene rings is 1. The third kappa shape index (κ3) is 8.41. The molecule has 0 unspecified atom stereocenters. The molecular weight excluding hydrogens is 757 g/mol. The van der Waals surface area contributed by atoms with Crippen molar-refractivity contribution in [3.63, 3.8) is 0 Å². The van der Waals surface area contributed by atoms with E-state index in [1.165, 1.54) is 0 Å². The van der Waals surface area contributed by atoms with Gasteiger partial charge in [-0.05, 0) is 76.3 Å². The molecular formula is C47H72O12. The molecule has 2 spiro atoms. The Morgan fingerprint density at radius 3 is 2.41 bits per heavy atom. The number of aliphatic carboxylic acids is 1. The Labute approximate surface area is 352 Å². The van der Waals surface area contributed by atoms with Gasteiger partial charge in [0.2, 0.25) is 0 Å². The van der Waals surface area contributed by atoms with Crippen LogP contribution >= 0.6 is 0 Å². The summed E-state index contributed by atoms with van der Waals surface area (Å²) in [5, 5.41) is 9.90. The van der Waals surface area contributed by atoms with Crippen LogP contribution in [-0.2, 0) is 47.4 Å². The number of carboxylic acid groups (broad SMARTS) is 1. The highest BCUT2D eigenvalue weighted by atomic mass is 16.8. The summed E-state index contributed by atoms with van der Waals surface area (Å²) in [6.45, 7) is 21.6. The summed E-state index contributed by atoms with van der Waals surface area (Å²) in [5.41, 5.74) is -0.134. The molecule has 6 fully saturated rings. The fourth-order valence-electron chi connectivity index (χ4n) is 11.8. The number of ether oxygens (including phenoxy) is 10. The predicted molar refractivity (Wildman–Crippen MR) is 220 cm³/mol. The molecule has 0 amide bonds. The molecule has 1 aromatic rings. The third-order valence-electron chi connectivity index (χ3n) is 15.3. The molecule has 12 nitrogen and oxygen atoms in total. The summed E-state index contributed by atoms with van der Waals surface area (Å²) in [6, 6.07) is 7.81. The summed E-state index contributed by atoms with van der Waals surface area (Å²) in [6.07, 6.45) is 6.05. The van der Waals surface area contributed by atoms with Gasteiger partial charge in [-0.25, -0.2) is 0 Å². The van der Waals surface area contributed by atoms with E-state index in [0.717, 1.165) is 49.8 Å². The van der Waals surface area contributed by atoms with Crippen molar-refractivity contribution in [2.75, 3.05) is 27.4 Å². The zero-order chi connectivity index (χ0) is 42.5. The summed E-state index contributed by atoms with van der Waals surface area (Å²) < 4.78 is 66.2. The van der Waals surface area contributed by atoms with E-state index in [0.29, 0.717) is 26.1 Å². The van der Waals surface area contributed by atoms with Crippen molar-refractivity contribution in [2.24, 2.45) is 35.5 Å². The minimum Gasteiger partial charge on any atom is -0.497 e. The van der Waals surface area contributed by atoms with Gasteiger partial charge in [0.1, 0.15) is 12.4 Å². The van der Waals surface area contributed by atoms with Crippen LogP contribution in [0, 0.1) is 35.5 Å². The molecule has 6 saturated heterocycles. The van der Waals surface area contributed by atoms with Gasteiger partial charge in [0.05, 0.1) is 73.6 Å². The smallest absolute Gasteiger partial charge is 0.308 e. The van der Waals surface area contributed by atoms with Crippen LogP contribution in [0.15, 0.2) is 36.9 Å². The largest absolute Gasteiger partial charge is 0.497 e. The minimum atomic E-state index is -0.903. The Hall–Kier alpha value is -2.13. The maximum Gasteiger partial charge on any atom is 0.308 e. The first-order chi connectivity index (χ1) is 28.1. The Morgan fingerprint density at radius 2 is 1.75 bits per heavy atom. The second-order valence-corrected chi connectivity index (χ2v) is 19.2. The van der Waals surface area contributed by atoms with Crippen LogP contribution in [0.3, 0.4) is 0 Å². The number of hydrogen-bond donors (Lipinski definition) is 1. The van der Waals surface area contributed by atoms with Crippen molar-refractivity contribution in [1.82, 2.24) is 0 Å². The molecule has 0 bridgehead atoms. The van der Waals surface area contributed by atoms with Crippen LogP contribution in [0.1, 0.15) is 119 Å². The lowest BCUT2D eigenvalue weighted by Gasteiger charge is -2.50. The Balaban J connectivity index is 1.04. The van der Waals surface area contributed by atoms with Crippen molar-refractivity contribution >= 4 is 5.97 Å². The Kier molecular flexibility index (Phi) is 13.4. The number of carboxylic acids is 1. The molecule has 332 valence electrons. The highest BCUT2D eigenvalue weighted by Crippen LogP contribution is 2.56. The molecule has 1 N–H and O–H groups in total. The predicted octanol–water partition coefficient (Wildman–Crippen LogP) is 8.25. The van der Waals surface area contributed by atoms with E-state index >= 15 is 0 Å². The van der Waals surface area contributed by atoms with Crippen LogP contribution in [0.4, 0.5) is 0 Å². The van der Waals surface area contributed by atoms with Gasteiger partial charge >= 0.3 is 5.97 Å². The first-order valence-electron chi connectivity index (χ1n) is 22.4. The van der Waals surface area contributed by atoms with Crippen LogP contribution in [0.25, 0.3) is 0 Å². The first-order valence-corrected chi connectivity index (χ1v) is 22.4. The van der Waals surface area contributed by atoms with Gasteiger partial charge in [0, 0.05) is 43.3 Å². The minimum absolute atomic E-state index is 0.0225. The van der Waals surface area contributed by atoms with Crippen LogP contribution in [-0.4, -0.2) is 104 Å². The zero-order valence-electron chi connectivity index (χ0n) is 37.2.